The number of nitrogens with zero attached hydrogens (tertiary/aromatic N) is 2. The molecule has 0 aliphatic heterocycles. The predicted octanol–water partition coefficient (Wildman–Crippen LogP) is 3.38. The van der Waals surface area contributed by atoms with Crippen molar-refractivity contribution >= 4 is 21.6 Å². The third-order valence-electron chi connectivity index (χ3n) is 4.83. The van der Waals surface area contributed by atoms with E-state index >= 15 is 0 Å². The van der Waals surface area contributed by atoms with E-state index in [-0.39, 0.29) is 17.3 Å². The van der Waals surface area contributed by atoms with Gasteiger partial charge in [0.25, 0.3) is 10.0 Å². The smallest absolute Gasteiger partial charge is 0.264 e. The Bertz CT molecular complexity index is 980. The van der Waals surface area contributed by atoms with Crippen molar-refractivity contribution in [3.05, 3.63) is 47.5 Å². The van der Waals surface area contributed by atoms with E-state index in [2.05, 4.69) is 0 Å². The Morgan fingerprint density at radius 2 is 1.47 bits per heavy atom. The summed E-state index contributed by atoms with van der Waals surface area (Å²) in [5.41, 5.74) is 2.27. The fourth-order valence-corrected chi connectivity index (χ4v) is 4.73. The van der Waals surface area contributed by atoms with Crippen molar-refractivity contribution in [2.24, 2.45) is 0 Å². The Hall–Kier alpha value is -2.74. The number of benzene rings is 2. The molecule has 0 aromatic heterocycles. The molecule has 2 aromatic rings. The van der Waals surface area contributed by atoms with Crippen molar-refractivity contribution in [1.82, 2.24) is 4.90 Å². The summed E-state index contributed by atoms with van der Waals surface area (Å²) in [5, 5.41) is 0. The van der Waals surface area contributed by atoms with Gasteiger partial charge < -0.3 is 14.4 Å². The number of hydrogen-bond donors (Lipinski definition) is 0. The Morgan fingerprint density at radius 3 is 1.97 bits per heavy atom. The number of ether oxygens (including phenoxy) is 2. The van der Waals surface area contributed by atoms with Crippen LogP contribution in [-0.4, -0.2) is 53.1 Å². The second-order valence-electron chi connectivity index (χ2n) is 6.94. The Balaban J connectivity index is 2.61. The minimum Gasteiger partial charge on any atom is -0.493 e. The Kier molecular flexibility index (Phi) is 7.72. The van der Waals surface area contributed by atoms with Crippen molar-refractivity contribution in [3.8, 4) is 11.5 Å². The van der Waals surface area contributed by atoms with E-state index in [0.717, 1.165) is 15.4 Å². The van der Waals surface area contributed by atoms with Crippen LogP contribution in [0.2, 0.25) is 0 Å². The third-order valence-corrected chi connectivity index (χ3v) is 6.60. The highest BCUT2D eigenvalue weighted by atomic mass is 32.2. The molecule has 0 saturated carbocycles. The lowest BCUT2D eigenvalue weighted by Gasteiger charge is -2.28. The summed E-state index contributed by atoms with van der Waals surface area (Å²) in [6.07, 6.45) is 0. The first kappa shape index (κ1) is 23.5. The standard InChI is InChI=1S/C22H30N2O5S/c1-7-23(8-2)22(25)15-24(18-12-16(3)11-17(4)13-18)30(26,27)19-9-10-20(28-5)21(14-19)29-6/h9-14H,7-8,15H2,1-6H3. The highest BCUT2D eigenvalue weighted by Gasteiger charge is 2.29. The number of hydrogen-bond acceptors (Lipinski definition) is 5. The van der Waals surface area contributed by atoms with Gasteiger partial charge in [-0.25, -0.2) is 8.42 Å². The summed E-state index contributed by atoms with van der Waals surface area (Å²) in [4.78, 5) is 14.5. The van der Waals surface area contributed by atoms with Crippen molar-refractivity contribution in [2.75, 3.05) is 38.2 Å². The normalized spacial score (nSPS) is 11.1. The first-order chi connectivity index (χ1) is 14.2. The van der Waals surface area contributed by atoms with Crippen LogP contribution in [0.3, 0.4) is 0 Å². The number of rotatable bonds is 9. The summed E-state index contributed by atoms with van der Waals surface area (Å²) >= 11 is 0. The van der Waals surface area contributed by atoms with Crippen LogP contribution < -0.4 is 13.8 Å². The highest BCUT2D eigenvalue weighted by Crippen LogP contribution is 2.32. The van der Waals surface area contributed by atoms with Gasteiger partial charge in [-0.2, -0.15) is 0 Å². The number of aryl methyl sites for hydroxylation is 2. The molecule has 2 rings (SSSR count). The number of sulfonamides is 1. The molecule has 164 valence electrons. The molecule has 0 fully saturated rings. The van der Waals surface area contributed by atoms with Crippen molar-refractivity contribution in [1.29, 1.82) is 0 Å². The summed E-state index contributed by atoms with van der Waals surface area (Å²) in [6.45, 7) is 8.24. The van der Waals surface area contributed by atoms with Crippen molar-refractivity contribution in [2.45, 2.75) is 32.6 Å². The zero-order chi connectivity index (χ0) is 22.5. The molecule has 8 heteroatoms. The van der Waals surface area contributed by atoms with Crippen LogP contribution >= 0.6 is 0 Å². The van der Waals surface area contributed by atoms with Gasteiger partial charge in [-0.1, -0.05) is 6.07 Å². The van der Waals surface area contributed by atoms with E-state index in [0.29, 0.717) is 30.3 Å². The molecule has 2 aromatic carbocycles. The van der Waals surface area contributed by atoms with Crippen LogP contribution in [0.4, 0.5) is 5.69 Å². The average Bonchev–Trinajstić information content (AvgIpc) is 2.71. The summed E-state index contributed by atoms with van der Waals surface area (Å²) in [6, 6.07) is 9.89. The van der Waals surface area contributed by atoms with Gasteiger partial charge >= 0.3 is 0 Å². The molecule has 0 atom stereocenters. The van der Waals surface area contributed by atoms with Crippen molar-refractivity contribution < 1.29 is 22.7 Å². The molecular weight excluding hydrogens is 404 g/mol. The lowest BCUT2D eigenvalue weighted by atomic mass is 10.1. The van der Waals surface area contributed by atoms with Crippen LogP contribution in [-0.2, 0) is 14.8 Å². The zero-order valence-corrected chi connectivity index (χ0v) is 19.2. The second-order valence-corrected chi connectivity index (χ2v) is 8.80. The van der Waals surface area contributed by atoms with Gasteiger partial charge in [0.15, 0.2) is 11.5 Å². The van der Waals surface area contributed by atoms with Crippen LogP contribution in [0.1, 0.15) is 25.0 Å². The van der Waals surface area contributed by atoms with E-state index in [9.17, 15) is 13.2 Å². The minimum atomic E-state index is -4.04. The SMILES string of the molecule is CCN(CC)C(=O)CN(c1cc(C)cc(C)c1)S(=O)(=O)c1ccc(OC)c(OC)c1. The van der Waals surface area contributed by atoms with Gasteiger partial charge in [0, 0.05) is 19.2 Å². The fourth-order valence-electron chi connectivity index (χ4n) is 3.31. The number of amides is 1. The van der Waals surface area contributed by atoms with Crippen LogP contribution in [0.15, 0.2) is 41.3 Å². The molecule has 0 spiro atoms. The van der Waals surface area contributed by atoms with Crippen LogP contribution in [0.5, 0.6) is 11.5 Å². The molecule has 0 aliphatic rings. The number of anilines is 1. The number of likely N-dealkylation sites (N-methyl/N-ethyl adjacent to an activating group) is 1. The molecule has 0 N–H and O–H groups in total. The summed E-state index contributed by atoms with van der Waals surface area (Å²) < 4.78 is 38.9. The zero-order valence-electron chi connectivity index (χ0n) is 18.4. The topological polar surface area (TPSA) is 76.2 Å². The first-order valence-electron chi connectivity index (χ1n) is 9.78. The maximum Gasteiger partial charge on any atom is 0.264 e. The van der Waals surface area contributed by atoms with Gasteiger partial charge in [-0.3, -0.25) is 9.10 Å². The average molecular weight is 435 g/mol. The van der Waals surface area contributed by atoms with E-state index in [1.807, 2.05) is 33.8 Å². The molecule has 0 radical (unpaired) electrons. The second kappa shape index (κ2) is 9.84. The van der Waals surface area contributed by atoms with Crippen LogP contribution in [0.25, 0.3) is 0 Å². The van der Waals surface area contributed by atoms with Gasteiger partial charge in [0.05, 0.1) is 24.8 Å². The molecule has 30 heavy (non-hydrogen) atoms. The maximum atomic E-state index is 13.6. The summed E-state index contributed by atoms with van der Waals surface area (Å²) in [7, 11) is -1.11. The number of methoxy groups -OCH3 is 2. The highest BCUT2D eigenvalue weighted by molar-refractivity contribution is 7.92. The van der Waals surface area contributed by atoms with E-state index in [1.165, 1.54) is 32.4 Å². The van der Waals surface area contributed by atoms with Gasteiger partial charge in [0.1, 0.15) is 6.54 Å². The third kappa shape index (κ3) is 5.05. The summed E-state index contributed by atoms with van der Waals surface area (Å²) in [5.74, 6) is 0.464. The molecule has 0 unspecified atom stereocenters. The van der Waals surface area contributed by atoms with E-state index < -0.39 is 10.0 Å². The van der Waals surface area contributed by atoms with Crippen LogP contribution in [0, 0.1) is 13.8 Å². The number of carbonyl (C=O) groups is 1. The number of carbonyl (C=O) groups excluding carboxylic acids is 1. The molecular formula is C22H30N2O5S. The van der Waals surface area contributed by atoms with Gasteiger partial charge in [-0.05, 0) is 63.1 Å². The van der Waals surface area contributed by atoms with Gasteiger partial charge in [-0.15, -0.1) is 0 Å². The quantitative estimate of drug-likeness (QED) is 0.605. The molecule has 0 aliphatic carbocycles. The van der Waals surface area contributed by atoms with E-state index in [1.54, 1.807) is 17.0 Å². The maximum absolute atomic E-state index is 13.6. The largest absolute Gasteiger partial charge is 0.493 e. The predicted molar refractivity (Wildman–Crippen MR) is 118 cm³/mol. The molecule has 0 bridgehead atoms. The monoisotopic (exact) mass is 434 g/mol. The first-order valence-corrected chi connectivity index (χ1v) is 11.2. The molecule has 0 heterocycles. The Labute approximate surface area is 179 Å². The lowest BCUT2D eigenvalue weighted by molar-refractivity contribution is -0.129. The molecule has 7 nitrogen and oxygen atoms in total. The van der Waals surface area contributed by atoms with Crippen molar-refractivity contribution in [3.63, 3.8) is 0 Å². The lowest BCUT2D eigenvalue weighted by Crippen LogP contribution is -2.43. The van der Waals surface area contributed by atoms with E-state index in [4.69, 9.17) is 9.47 Å². The Morgan fingerprint density at radius 1 is 0.900 bits per heavy atom. The molecule has 1 amide bonds. The molecule has 0 saturated heterocycles. The van der Waals surface area contributed by atoms with Gasteiger partial charge in [0.2, 0.25) is 5.91 Å². The minimum absolute atomic E-state index is 0.0201. The fraction of sp³-hybridized carbons (Fsp3) is 0.409.